The van der Waals surface area contributed by atoms with Gasteiger partial charge in [-0.2, -0.15) is 8.78 Å². The lowest BCUT2D eigenvalue weighted by Crippen LogP contribution is -2.14. The lowest BCUT2D eigenvalue weighted by atomic mass is 10.1. The lowest BCUT2D eigenvalue weighted by Gasteiger charge is -2.12. The Balaban J connectivity index is 1.95. The highest BCUT2D eigenvalue weighted by Gasteiger charge is 2.08. The van der Waals surface area contributed by atoms with Crippen molar-refractivity contribution in [2.75, 3.05) is 0 Å². The van der Waals surface area contributed by atoms with Crippen LogP contribution < -0.4 is 10.1 Å². The van der Waals surface area contributed by atoms with Gasteiger partial charge < -0.3 is 10.1 Å². The van der Waals surface area contributed by atoms with Crippen molar-refractivity contribution in [1.29, 1.82) is 0 Å². The second-order valence-corrected chi connectivity index (χ2v) is 5.01. The van der Waals surface area contributed by atoms with Gasteiger partial charge in [-0.05, 0) is 36.6 Å². The molecule has 0 amide bonds. The van der Waals surface area contributed by atoms with Gasteiger partial charge in [0.05, 0.1) is 0 Å². The Labute approximate surface area is 123 Å². The zero-order chi connectivity index (χ0) is 15.2. The number of rotatable bonds is 6. The van der Waals surface area contributed by atoms with Gasteiger partial charge in [0, 0.05) is 18.7 Å². The first-order chi connectivity index (χ1) is 10.1. The fourth-order valence-corrected chi connectivity index (χ4v) is 2.12. The molecule has 2 aromatic rings. The molecule has 0 fully saturated rings. The summed E-state index contributed by atoms with van der Waals surface area (Å²) >= 11 is 0. The maximum atomic E-state index is 12.3. The van der Waals surface area contributed by atoms with E-state index in [0.717, 1.165) is 5.56 Å². The number of hydrogen-bond donors (Lipinski definition) is 1. The van der Waals surface area contributed by atoms with Crippen molar-refractivity contribution in [3.05, 3.63) is 64.7 Å². The largest absolute Gasteiger partial charge is 0.434 e. The summed E-state index contributed by atoms with van der Waals surface area (Å²) < 4.78 is 29.2. The van der Waals surface area contributed by atoms with Gasteiger partial charge in [0.1, 0.15) is 5.75 Å². The van der Waals surface area contributed by atoms with Crippen molar-refractivity contribution in [2.24, 2.45) is 0 Å². The van der Waals surface area contributed by atoms with E-state index in [9.17, 15) is 8.78 Å². The molecule has 21 heavy (non-hydrogen) atoms. The monoisotopic (exact) mass is 291 g/mol. The average Bonchev–Trinajstić information content (AvgIpc) is 2.44. The first-order valence-corrected chi connectivity index (χ1v) is 6.86. The predicted octanol–water partition coefficient (Wildman–Crippen LogP) is 4.19. The minimum Gasteiger partial charge on any atom is -0.434 e. The molecule has 0 atom stereocenters. The van der Waals surface area contributed by atoms with E-state index in [1.54, 1.807) is 18.2 Å². The molecule has 0 aliphatic carbocycles. The molecule has 0 aliphatic heterocycles. The summed E-state index contributed by atoms with van der Waals surface area (Å²) in [5.41, 5.74) is 4.40. The molecule has 0 radical (unpaired) electrons. The normalized spacial score (nSPS) is 10.9. The standard InChI is InChI=1S/C17H19F2NO/c1-12-7-8-14(9-13(12)2)10-20-11-15-5-3-4-6-16(15)21-17(18)19/h3-9,17,20H,10-11H2,1-2H3. The number of ether oxygens (including phenoxy) is 1. The van der Waals surface area contributed by atoms with Gasteiger partial charge in [-0.15, -0.1) is 0 Å². The molecule has 0 aliphatic rings. The van der Waals surface area contributed by atoms with E-state index in [1.165, 1.54) is 16.7 Å². The van der Waals surface area contributed by atoms with Gasteiger partial charge in [-0.3, -0.25) is 0 Å². The third kappa shape index (κ3) is 4.53. The zero-order valence-electron chi connectivity index (χ0n) is 12.2. The third-order valence-corrected chi connectivity index (χ3v) is 3.40. The van der Waals surface area contributed by atoms with Crippen LogP contribution in [0.25, 0.3) is 0 Å². The maximum absolute atomic E-state index is 12.3. The highest BCUT2D eigenvalue weighted by Crippen LogP contribution is 2.20. The van der Waals surface area contributed by atoms with Crippen LogP contribution in [0.4, 0.5) is 8.78 Å². The molecular weight excluding hydrogens is 272 g/mol. The second kappa shape index (κ2) is 7.18. The summed E-state index contributed by atoms with van der Waals surface area (Å²) in [5, 5.41) is 3.25. The Bertz CT molecular complexity index is 599. The van der Waals surface area contributed by atoms with Gasteiger partial charge >= 0.3 is 6.61 Å². The third-order valence-electron chi connectivity index (χ3n) is 3.40. The van der Waals surface area contributed by atoms with E-state index in [-0.39, 0.29) is 5.75 Å². The van der Waals surface area contributed by atoms with Crippen molar-refractivity contribution in [3.8, 4) is 5.75 Å². The molecule has 1 N–H and O–H groups in total. The van der Waals surface area contributed by atoms with Crippen molar-refractivity contribution < 1.29 is 13.5 Å². The summed E-state index contributed by atoms with van der Waals surface area (Å²) in [6.07, 6.45) is 0. The fraction of sp³-hybridized carbons (Fsp3) is 0.294. The summed E-state index contributed by atoms with van der Waals surface area (Å²) in [6.45, 7) is 2.51. The molecule has 2 rings (SSSR count). The van der Waals surface area contributed by atoms with Gasteiger partial charge in [0.15, 0.2) is 0 Å². The Hall–Kier alpha value is -1.94. The minimum atomic E-state index is -2.80. The van der Waals surface area contributed by atoms with Gasteiger partial charge in [-0.1, -0.05) is 36.4 Å². The molecule has 0 aromatic heterocycles. The Morgan fingerprint density at radius 3 is 2.48 bits per heavy atom. The molecule has 0 saturated heterocycles. The van der Waals surface area contributed by atoms with Gasteiger partial charge in [-0.25, -0.2) is 0 Å². The Kier molecular flexibility index (Phi) is 5.28. The second-order valence-electron chi connectivity index (χ2n) is 5.01. The number of para-hydroxylation sites is 1. The molecule has 112 valence electrons. The molecule has 4 heteroatoms. The molecule has 2 nitrogen and oxygen atoms in total. The zero-order valence-corrected chi connectivity index (χ0v) is 12.2. The summed E-state index contributed by atoms with van der Waals surface area (Å²) in [6, 6.07) is 13.1. The van der Waals surface area contributed by atoms with Gasteiger partial charge in [0.2, 0.25) is 0 Å². The summed E-state index contributed by atoms with van der Waals surface area (Å²) in [7, 11) is 0. The first-order valence-electron chi connectivity index (χ1n) is 6.86. The molecular formula is C17H19F2NO. The number of nitrogens with one attached hydrogen (secondary N) is 1. The average molecular weight is 291 g/mol. The predicted molar refractivity (Wildman–Crippen MR) is 79.5 cm³/mol. The highest BCUT2D eigenvalue weighted by molar-refractivity contribution is 5.33. The van der Waals surface area contributed by atoms with Crippen molar-refractivity contribution >= 4 is 0 Å². The molecule has 0 heterocycles. The summed E-state index contributed by atoms with van der Waals surface area (Å²) in [5.74, 6) is 0.222. The van der Waals surface area contributed by atoms with Crippen LogP contribution in [-0.4, -0.2) is 6.61 Å². The Morgan fingerprint density at radius 1 is 1.00 bits per heavy atom. The van der Waals surface area contributed by atoms with E-state index in [1.807, 2.05) is 6.07 Å². The number of alkyl halides is 2. The van der Waals surface area contributed by atoms with E-state index >= 15 is 0 Å². The van der Waals surface area contributed by atoms with E-state index in [0.29, 0.717) is 13.1 Å². The summed E-state index contributed by atoms with van der Waals surface area (Å²) in [4.78, 5) is 0. The van der Waals surface area contributed by atoms with E-state index in [2.05, 4.69) is 42.1 Å². The van der Waals surface area contributed by atoms with Crippen LogP contribution >= 0.6 is 0 Å². The smallest absolute Gasteiger partial charge is 0.387 e. The van der Waals surface area contributed by atoms with Crippen LogP contribution in [0.2, 0.25) is 0 Å². The van der Waals surface area contributed by atoms with Crippen molar-refractivity contribution in [2.45, 2.75) is 33.5 Å². The topological polar surface area (TPSA) is 21.3 Å². The first kappa shape index (κ1) is 15.4. The lowest BCUT2D eigenvalue weighted by molar-refractivity contribution is -0.0505. The molecule has 2 aromatic carbocycles. The molecule has 0 bridgehead atoms. The number of halogens is 2. The van der Waals surface area contributed by atoms with Crippen LogP contribution in [0.5, 0.6) is 5.75 Å². The maximum Gasteiger partial charge on any atom is 0.387 e. The van der Waals surface area contributed by atoms with E-state index < -0.39 is 6.61 Å². The van der Waals surface area contributed by atoms with Crippen molar-refractivity contribution in [1.82, 2.24) is 5.32 Å². The van der Waals surface area contributed by atoms with Crippen LogP contribution in [0.1, 0.15) is 22.3 Å². The fourth-order valence-electron chi connectivity index (χ4n) is 2.12. The van der Waals surface area contributed by atoms with Crippen LogP contribution in [0.15, 0.2) is 42.5 Å². The Morgan fingerprint density at radius 2 is 1.76 bits per heavy atom. The minimum absolute atomic E-state index is 0.222. The number of aryl methyl sites for hydroxylation is 2. The van der Waals surface area contributed by atoms with Crippen LogP contribution in [-0.2, 0) is 13.1 Å². The molecule has 0 spiro atoms. The number of benzene rings is 2. The number of hydrogen-bond acceptors (Lipinski definition) is 2. The van der Waals surface area contributed by atoms with Crippen molar-refractivity contribution in [3.63, 3.8) is 0 Å². The molecule has 0 saturated carbocycles. The highest BCUT2D eigenvalue weighted by atomic mass is 19.3. The van der Waals surface area contributed by atoms with Crippen LogP contribution in [0, 0.1) is 13.8 Å². The van der Waals surface area contributed by atoms with Crippen LogP contribution in [0.3, 0.4) is 0 Å². The quantitative estimate of drug-likeness (QED) is 0.861. The van der Waals surface area contributed by atoms with E-state index in [4.69, 9.17) is 0 Å². The SMILES string of the molecule is Cc1ccc(CNCc2ccccc2OC(F)F)cc1C. The molecule has 0 unspecified atom stereocenters. The van der Waals surface area contributed by atoms with Gasteiger partial charge in [0.25, 0.3) is 0 Å².